The third-order valence-corrected chi connectivity index (χ3v) is 3.59. The Balaban J connectivity index is 1.71. The molecule has 1 aromatic heterocycles. The molecule has 0 aliphatic carbocycles. The van der Waals surface area contributed by atoms with Gasteiger partial charge in [0.25, 0.3) is 0 Å². The Bertz CT molecular complexity index is 833. The van der Waals surface area contributed by atoms with E-state index in [-0.39, 0.29) is 0 Å². The van der Waals surface area contributed by atoms with E-state index < -0.39 is 0 Å². The summed E-state index contributed by atoms with van der Waals surface area (Å²) in [6.45, 7) is 0. The Morgan fingerprint density at radius 1 is 1.18 bits per heavy atom. The number of isothiocyanates is 1. The molecule has 0 aliphatic heterocycles. The summed E-state index contributed by atoms with van der Waals surface area (Å²) < 4.78 is 5.22. The molecule has 3 rings (SSSR count). The fourth-order valence-corrected chi connectivity index (χ4v) is 2.44. The van der Waals surface area contributed by atoms with Crippen LogP contribution in [-0.2, 0) is 12.8 Å². The second kappa shape index (κ2) is 6.52. The summed E-state index contributed by atoms with van der Waals surface area (Å²) >= 11 is 4.59. The molecule has 3 aromatic rings. The van der Waals surface area contributed by atoms with E-state index >= 15 is 0 Å². The van der Waals surface area contributed by atoms with Crippen LogP contribution in [0.4, 0.5) is 5.69 Å². The number of aromatic nitrogens is 2. The van der Waals surface area contributed by atoms with Crippen LogP contribution in [0.2, 0.25) is 0 Å². The molecule has 1 heterocycles. The van der Waals surface area contributed by atoms with E-state index in [1.165, 1.54) is 5.56 Å². The molecule has 0 bridgehead atoms. The van der Waals surface area contributed by atoms with Crippen molar-refractivity contribution in [3.8, 4) is 5.75 Å². The summed E-state index contributed by atoms with van der Waals surface area (Å²) in [5.74, 6) is 1.81. The van der Waals surface area contributed by atoms with Gasteiger partial charge in [0, 0.05) is 12.5 Å². The highest BCUT2D eigenvalue weighted by Crippen LogP contribution is 2.19. The van der Waals surface area contributed by atoms with Crippen molar-refractivity contribution in [2.24, 2.45) is 4.99 Å². The van der Waals surface area contributed by atoms with Crippen molar-refractivity contribution in [1.29, 1.82) is 0 Å². The fraction of sp³-hybridized carbons (Fsp3) is 0.176. The molecule has 1 N–H and O–H groups in total. The highest BCUT2D eigenvalue weighted by atomic mass is 32.1. The lowest BCUT2D eigenvalue weighted by Gasteiger charge is -1.99. The number of aryl methyl sites for hydroxylation is 2. The number of nitrogens with one attached hydrogen (secondary N) is 1. The average molecular weight is 309 g/mol. The highest BCUT2D eigenvalue weighted by Gasteiger charge is 2.04. The second-order valence-electron chi connectivity index (χ2n) is 4.94. The number of H-pyrrole nitrogens is 1. The van der Waals surface area contributed by atoms with E-state index in [1.807, 2.05) is 30.3 Å². The molecule has 0 atom stereocenters. The van der Waals surface area contributed by atoms with Crippen molar-refractivity contribution < 1.29 is 4.74 Å². The van der Waals surface area contributed by atoms with Crippen molar-refractivity contribution in [3.05, 3.63) is 53.9 Å². The van der Waals surface area contributed by atoms with Crippen LogP contribution in [0.3, 0.4) is 0 Å². The molecule has 0 radical (unpaired) electrons. The summed E-state index contributed by atoms with van der Waals surface area (Å²) in [7, 11) is 1.66. The minimum absolute atomic E-state index is 0.828. The lowest BCUT2D eigenvalue weighted by atomic mass is 10.1. The van der Waals surface area contributed by atoms with Crippen LogP contribution in [0.5, 0.6) is 5.75 Å². The number of nitrogens with zero attached hydrogens (tertiary/aromatic N) is 2. The summed E-state index contributed by atoms with van der Waals surface area (Å²) in [6, 6.07) is 13.8. The van der Waals surface area contributed by atoms with Gasteiger partial charge in [0.2, 0.25) is 0 Å². The van der Waals surface area contributed by atoms with Crippen LogP contribution in [0.25, 0.3) is 11.0 Å². The number of thiocarbonyl (C=S) groups is 1. The first-order chi connectivity index (χ1) is 10.8. The van der Waals surface area contributed by atoms with E-state index in [0.717, 1.165) is 41.1 Å². The minimum atomic E-state index is 0.828. The first-order valence-corrected chi connectivity index (χ1v) is 7.39. The number of imidazole rings is 1. The molecule has 4 nitrogen and oxygen atoms in total. The normalized spacial score (nSPS) is 10.4. The maximum Gasteiger partial charge on any atom is 0.121 e. The molecule has 0 spiro atoms. The number of benzene rings is 2. The zero-order valence-corrected chi connectivity index (χ0v) is 13.0. The van der Waals surface area contributed by atoms with Gasteiger partial charge in [-0.1, -0.05) is 12.1 Å². The first kappa shape index (κ1) is 14.4. The summed E-state index contributed by atoms with van der Waals surface area (Å²) in [6.07, 6.45) is 1.77. The van der Waals surface area contributed by atoms with Crippen molar-refractivity contribution >= 4 is 34.1 Å². The molecule has 5 heteroatoms. The Kier molecular flexibility index (Phi) is 4.28. The monoisotopic (exact) mass is 309 g/mol. The number of aromatic amines is 1. The molecule has 0 unspecified atom stereocenters. The van der Waals surface area contributed by atoms with Crippen molar-refractivity contribution in [2.45, 2.75) is 12.8 Å². The lowest BCUT2D eigenvalue weighted by Crippen LogP contribution is -1.93. The molecule has 0 aliphatic rings. The predicted octanol–water partition coefficient (Wildman–Crippen LogP) is 4.09. The van der Waals surface area contributed by atoms with Crippen LogP contribution in [0, 0.1) is 0 Å². The van der Waals surface area contributed by atoms with Gasteiger partial charge in [-0.15, -0.1) is 0 Å². The van der Waals surface area contributed by atoms with E-state index in [9.17, 15) is 0 Å². The van der Waals surface area contributed by atoms with E-state index in [4.69, 9.17) is 4.74 Å². The van der Waals surface area contributed by atoms with Crippen molar-refractivity contribution in [2.75, 3.05) is 7.11 Å². The summed E-state index contributed by atoms with van der Waals surface area (Å²) in [5.41, 5.74) is 4.03. The molecule has 0 saturated carbocycles. The number of hydrogen-bond donors (Lipinski definition) is 1. The smallest absolute Gasteiger partial charge is 0.121 e. The van der Waals surface area contributed by atoms with Gasteiger partial charge in [0.05, 0.1) is 29.0 Å². The van der Waals surface area contributed by atoms with Gasteiger partial charge in [0.1, 0.15) is 11.6 Å². The van der Waals surface area contributed by atoms with Crippen LogP contribution >= 0.6 is 12.2 Å². The standard InChI is InChI=1S/C17H15N3OS/c1-21-14-7-8-15-16(10-14)20-17(19-15)9-4-12-2-5-13(6-3-12)18-11-22/h2-3,5-8,10H,4,9H2,1H3,(H,19,20). The minimum Gasteiger partial charge on any atom is -0.497 e. The molecule has 0 amide bonds. The predicted molar refractivity (Wildman–Crippen MR) is 91.2 cm³/mol. The number of fused-ring (bicyclic) bond motifs is 1. The largest absolute Gasteiger partial charge is 0.497 e. The summed E-state index contributed by atoms with van der Waals surface area (Å²) in [4.78, 5) is 11.9. The second-order valence-corrected chi connectivity index (χ2v) is 5.12. The van der Waals surface area contributed by atoms with Gasteiger partial charge in [0.15, 0.2) is 0 Å². The van der Waals surface area contributed by atoms with Gasteiger partial charge in [-0.05, 0) is 48.5 Å². The number of hydrogen-bond acceptors (Lipinski definition) is 4. The van der Waals surface area contributed by atoms with E-state index in [0.29, 0.717) is 0 Å². The van der Waals surface area contributed by atoms with E-state index in [1.54, 1.807) is 7.11 Å². The number of ether oxygens (including phenoxy) is 1. The number of rotatable bonds is 5. The third kappa shape index (κ3) is 3.22. The summed E-state index contributed by atoms with van der Waals surface area (Å²) in [5, 5.41) is 2.37. The van der Waals surface area contributed by atoms with Gasteiger partial charge in [-0.2, -0.15) is 4.99 Å². The zero-order valence-electron chi connectivity index (χ0n) is 12.2. The van der Waals surface area contributed by atoms with Crippen LogP contribution in [0.1, 0.15) is 11.4 Å². The molecule has 110 valence electrons. The Morgan fingerprint density at radius 2 is 2.00 bits per heavy atom. The number of methoxy groups -OCH3 is 1. The van der Waals surface area contributed by atoms with Crippen LogP contribution in [0.15, 0.2) is 47.5 Å². The number of aliphatic imine (C=N–C) groups is 1. The molecular formula is C17H15N3OS. The third-order valence-electron chi connectivity index (χ3n) is 3.50. The highest BCUT2D eigenvalue weighted by molar-refractivity contribution is 7.78. The zero-order chi connectivity index (χ0) is 15.4. The lowest BCUT2D eigenvalue weighted by molar-refractivity contribution is 0.415. The first-order valence-electron chi connectivity index (χ1n) is 6.98. The fourth-order valence-electron chi connectivity index (χ4n) is 2.34. The molecule has 22 heavy (non-hydrogen) atoms. The molecule has 0 fully saturated rings. The van der Waals surface area contributed by atoms with Gasteiger partial charge >= 0.3 is 0 Å². The van der Waals surface area contributed by atoms with Gasteiger partial charge in [-0.25, -0.2) is 4.98 Å². The van der Waals surface area contributed by atoms with Gasteiger partial charge < -0.3 is 9.72 Å². The van der Waals surface area contributed by atoms with Crippen molar-refractivity contribution in [1.82, 2.24) is 9.97 Å². The Hall–Kier alpha value is -2.49. The molecular weight excluding hydrogens is 294 g/mol. The average Bonchev–Trinajstić information content (AvgIpc) is 2.96. The topological polar surface area (TPSA) is 50.3 Å². The van der Waals surface area contributed by atoms with Crippen molar-refractivity contribution in [3.63, 3.8) is 0 Å². The molecule has 0 saturated heterocycles. The maximum atomic E-state index is 5.22. The molecule has 2 aromatic carbocycles. The Morgan fingerprint density at radius 3 is 2.73 bits per heavy atom. The van der Waals surface area contributed by atoms with Crippen LogP contribution in [-0.4, -0.2) is 22.2 Å². The Labute approximate surface area is 133 Å². The quantitative estimate of drug-likeness (QED) is 0.570. The maximum absolute atomic E-state index is 5.22. The van der Waals surface area contributed by atoms with E-state index in [2.05, 4.69) is 44.5 Å². The van der Waals surface area contributed by atoms with Gasteiger partial charge in [-0.3, -0.25) is 0 Å². The van der Waals surface area contributed by atoms with Crippen LogP contribution < -0.4 is 4.74 Å². The SMILES string of the molecule is COc1ccc2nc(CCc3ccc(N=C=S)cc3)[nH]c2c1.